The van der Waals surface area contributed by atoms with Crippen molar-refractivity contribution in [2.75, 3.05) is 18.1 Å². The quantitative estimate of drug-likeness (QED) is 0.269. The fraction of sp³-hybridized carbons (Fsp3) is 0.389. The summed E-state index contributed by atoms with van der Waals surface area (Å²) < 4.78 is 8.18. The number of hydrogen-bond donors (Lipinski definition) is 2. The van der Waals surface area contributed by atoms with Crippen molar-refractivity contribution in [2.45, 2.75) is 69.1 Å². The number of fused-ring (bicyclic) bond motifs is 3. The number of carbonyl (C=O) groups is 2. The molecule has 2 fully saturated rings. The number of aromatic nitrogens is 2. The van der Waals surface area contributed by atoms with Crippen molar-refractivity contribution in [1.29, 1.82) is 0 Å². The summed E-state index contributed by atoms with van der Waals surface area (Å²) in [5.74, 6) is -0.855. The van der Waals surface area contributed by atoms with Crippen molar-refractivity contribution in [3.63, 3.8) is 0 Å². The third-order valence-electron chi connectivity index (χ3n) is 10.4. The molecular formula is C36H39ClN4O6Si. The Bertz CT molecular complexity index is 1960. The second kappa shape index (κ2) is 12.2. The van der Waals surface area contributed by atoms with Crippen LogP contribution in [0.2, 0.25) is 23.7 Å². The van der Waals surface area contributed by atoms with Gasteiger partial charge in [-0.25, -0.2) is 0 Å². The number of benzene rings is 3. The second-order valence-electron chi connectivity index (χ2n) is 13.8. The molecule has 0 aliphatic carbocycles. The van der Waals surface area contributed by atoms with Crippen LogP contribution in [0.25, 0.3) is 16.5 Å². The summed E-state index contributed by atoms with van der Waals surface area (Å²) in [7, 11) is -2.98. The number of hydrogen-bond acceptors (Lipinski definition) is 7. The molecule has 0 unspecified atom stereocenters. The van der Waals surface area contributed by atoms with Crippen LogP contribution in [-0.4, -0.2) is 70.0 Å². The Kier molecular flexibility index (Phi) is 8.32. The molecule has 48 heavy (non-hydrogen) atoms. The molecule has 0 bridgehead atoms. The lowest BCUT2D eigenvalue weighted by Crippen LogP contribution is -2.46. The van der Waals surface area contributed by atoms with E-state index in [0.717, 1.165) is 23.8 Å². The highest BCUT2D eigenvalue weighted by atomic mass is 35.5. The lowest BCUT2D eigenvalue weighted by molar-refractivity contribution is -0.150. The molecule has 1 aromatic heterocycles. The Labute approximate surface area is 284 Å². The average Bonchev–Trinajstić information content (AvgIpc) is 3.72. The number of likely N-dealkylation sites (tertiary alicyclic amines) is 1. The van der Waals surface area contributed by atoms with E-state index in [4.69, 9.17) is 16.3 Å². The standard InChI is InChI=1S/C36H39ClN4O6Si/c1-22-33(48(2,3)46)31(18-32(43)39-16-6-8-27(39)21-42)47-36(22)29-17-25(37)12-15-30(29)40(35(36)45)20-23-10-13-26(14-11-23)41-34(44)28-9-5-4-7-24(28)19-38-41/h4-5,7,9-15,17,19,22,27,31,33,42,46H,6,8,16,18,20-21H2,1-3H3/t22-,27+,31+,33-,36+/m1/s1. The second-order valence-corrected chi connectivity index (χ2v) is 18.2. The van der Waals surface area contributed by atoms with E-state index in [2.05, 4.69) is 5.10 Å². The lowest BCUT2D eigenvalue weighted by Gasteiger charge is -2.32. The largest absolute Gasteiger partial charge is 0.432 e. The van der Waals surface area contributed by atoms with Crippen LogP contribution < -0.4 is 10.5 Å². The number of anilines is 1. The molecule has 4 heterocycles. The van der Waals surface area contributed by atoms with Crippen molar-refractivity contribution in [2.24, 2.45) is 5.92 Å². The molecule has 2 amide bonds. The molecule has 3 aromatic carbocycles. The van der Waals surface area contributed by atoms with E-state index in [-0.39, 0.29) is 43.0 Å². The molecule has 2 saturated heterocycles. The van der Waals surface area contributed by atoms with E-state index in [0.29, 0.717) is 33.9 Å². The summed E-state index contributed by atoms with van der Waals surface area (Å²) in [6.07, 6.45) is 2.55. The van der Waals surface area contributed by atoms with Gasteiger partial charge in [0.05, 0.1) is 54.7 Å². The van der Waals surface area contributed by atoms with Gasteiger partial charge in [-0.15, -0.1) is 0 Å². The monoisotopic (exact) mass is 686 g/mol. The van der Waals surface area contributed by atoms with Crippen LogP contribution in [0.4, 0.5) is 5.69 Å². The fourth-order valence-corrected chi connectivity index (χ4v) is 11.0. The van der Waals surface area contributed by atoms with Crippen molar-refractivity contribution in [3.8, 4) is 5.69 Å². The number of amides is 2. The molecule has 2 N–H and O–H groups in total. The van der Waals surface area contributed by atoms with Gasteiger partial charge in [-0.1, -0.05) is 48.9 Å². The maximum Gasteiger partial charge on any atom is 0.279 e. The molecule has 0 saturated carbocycles. The third-order valence-corrected chi connectivity index (χ3v) is 13.2. The minimum absolute atomic E-state index is 0.0110. The Morgan fingerprint density at radius 3 is 2.58 bits per heavy atom. The van der Waals surface area contributed by atoms with Gasteiger partial charge in [0.15, 0.2) is 13.9 Å². The first-order chi connectivity index (χ1) is 22.9. The SMILES string of the molecule is C[C@@H]1[C@@H]([Si](C)(C)O)[C@H](CC(=O)N2CCC[C@H]2CO)O[C@@]12C(=O)N(Cc1ccc(-n3ncc4ccccc4c3=O)cc1)c1ccc(Cl)cc12. The normalized spacial score (nSPS) is 25.4. The molecule has 0 radical (unpaired) electrons. The molecule has 4 aromatic rings. The van der Waals surface area contributed by atoms with Crippen molar-refractivity contribution >= 4 is 48.2 Å². The van der Waals surface area contributed by atoms with Crippen LogP contribution in [0.15, 0.2) is 77.7 Å². The lowest BCUT2D eigenvalue weighted by atomic mass is 9.82. The predicted molar refractivity (Wildman–Crippen MR) is 186 cm³/mol. The Morgan fingerprint density at radius 2 is 1.85 bits per heavy atom. The van der Waals surface area contributed by atoms with Gasteiger partial charge in [0.1, 0.15) is 0 Å². The zero-order chi connectivity index (χ0) is 34.0. The molecule has 12 heteroatoms. The number of ether oxygens (including phenoxy) is 1. The highest BCUT2D eigenvalue weighted by Crippen LogP contribution is 2.60. The van der Waals surface area contributed by atoms with Crippen molar-refractivity contribution in [3.05, 3.63) is 99.4 Å². The van der Waals surface area contributed by atoms with E-state index in [9.17, 15) is 24.3 Å². The van der Waals surface area contributed by atoms with Crippen LogP contribution in [0.5, 0.6) is 0 Å². The maximum absolute atomic E-state index is 14.7. The van der Waals surface area contributed by atoms with Crippen molar-refractivity contribution < 1.29 is 24.2 Å². The Balaban J connectivity index is 1.21. The van der Waals surface area contributed by atoms with Gasteiger partial charge >= 0.3 is 0 Å². The zero-order valence-corrected chi connectivity index (χ0v) is 28.9. The maximum atomic E-state index is 14.7. The summed E-state index contributed by atoms with van der Waals surface area (Å²) in [6.45, 7) is 6.28. The van der Waals surface area contributed by atoms with Gasteiger partial charge in [0.25, 0.3) is 11.5 Å². The smallest absolute Gasteiger partial charge is 0.279 e. The molecule has 1 spiro atoms. The first-order valence-electron chi connectivity index (χ1n) is 16.4. The summed E-state index contributed by atoms with van der Waals surface area (Å²) >= 11 is 6.53. The van der Waals surface area contributed by atoms with E-state index in [1.165, 1.54) is 4.68 Å². The highest BCUT2D eigenvalue weighted by molar-refractivity contribution is 6.71. The first kappa shape index (κ1) is 32.7. The van der Waals surface area contributed by atoms with E-state index < -0.39 is 31.5 Å². The minimum atomic E-state index is -2.98. The van der Waals surface area contributed by atoms with E-state index in [1.807, 2.05) is 68.5 Å². The van der Waals surface area contributed by atoms with Gasteiger partial charge in [0.2, 0.25) is 5.91 Å². The molecule has 10 nitrogen and oxygen atoms in total. The molecule has 3 aliphatic heterocycles. The number of carbonyl (C=O) groups excluding carboxylic acids is 2. The fourth-order valence-electron chi connectivity index (χ4n) is 8.25. The van der Waals surface area contributed by atoms with Gasteiger partial charge in [-0.3, -0.25) is 14.4 Å². The van der Waals surface area contributed by atoms with Crippen LogP contribution in [0, 0.1) is 5.92 Å². The first-order valence-corrected chi connectivity index (χ1v) is 19.8. The average molecular weight is 687 g/mol. The molecular weight excluding hydrogens is 648 g/mol. The number of halogens is 1. The Hall–Kier alpha value is -3.87. The number of nitrogens with zero attached hydrogens (tertiary/aromatic N) is 4. The molecule has 250 valence electrons. The molecule has 7 rings (SSSR count). The highest BCUT2D eigenvalue weighted by Gasteiger charge is 2.66. The zero-order valence-electron chi connectivity index (χ0n) is 27.2. The summed E-state index contributed by atoms with van der Waals surface area (Å²) in [4.78, 5) is 56.4. The predicted octanol–water partition coefficient (Wildman–Crippen LogP) is 4.76. The van der Waals surface area contributed by atoms with Crippen LogP contribution in [0.3, 0.4) is 0 Å². The number of rotatable bonds is 7. The number of aliphatic hydroxyl groups is 1. The molecule has 3 aliphatic rings. The Morgan fingerprint density at radius 1 is 1.10 bits per heavy atom. The van der Waals surface area contributed by atoms with Crippen LogP contribution >= 0.6 is 11.6 Å². The van der Waals surface area contributed by atoms with Gasteiger partial charge in [-0.05, 0) is 67.9 Å². The van der Waals surface area contributed by atoms with Gasteiger partial charge in [0, 0.05) is 34.0 Å². The third kappa shape index (κ3) is 5.28. The van der Waals surface area contributed by atoms with Crippen LogP contribution in [-0.2, 0) is 26.5 Å². The summed E-state index contributed by atoms with van der Waals surface area (Å²) in [6, 6.07) is 19.8. The van der Waals surface area contributed by atoms with E-state index >= 15 is 0 Å². The van der Waals surface area contributed by atoms with Crippen molar-refractivity contribution in [1.82, 2.24) is 14.7 Å². The topological polar surface area (TPSA) is 125 Å². The summed E-state index contributed by atoms with van der Waals surface area (Å²) in [5, 5.41) is 16.0. The van der Waals surface area contributed by atoms with E-state index in [1.54, 1.807) is 34.2 Å². The van der Waals surface area contributed by atoms with Crippen LogP contribution in [0.1, 0.15) is 37.3 Å². The number of aliphatic hydroxyl groups excluding tert-OH is 1. The molecule has 5 atom stereocenters. The summed E-state index contributed by atoms with van der Waals surface area (Å²) in [5.41, 5.74) is 0.648. The van der Waals surface area contributed by atoms with Gasteiger partial charge in [-0.2, -0.15) is 9.78 Å². The van der Waals surface area contributed by atoms with Gasteiger partial charge < -0.3 is 24.4 Å². The minimum Gasteiger partial charge on any atom is -0.432 e.